The van der Waals surface area contributed by atoms with Crippen LogP contribution in [-0.2, 0) is 14.3 Å². The molecule has 0 radical (unpaired) electrons. The summed E-state index contributed by atoms with van der Waals surface area (Å²) in [6.07, 6.45) is 6.11. The monoisotopic (exact) mass is 554 g/mol. The topological polar surface area (TPSA) is 91.3 Å². The molecule has 1 fully saturated rings. The van der Waals surface area contributed by atoms with E-state index in [0.717, 1.165) is 11.1 Å². The third-order valence-corrected chi connectivity index (χ3v) is 8.03. The molecular weight excluding hydrogens is 520 g/mol. The number of esters is 1. The molecule has 3 aromatic carbocycles. The number of carbonyl (C=O) groups is 2. The molecule has 7 nitrogen and oxygen atoms in total. The van der Waals surface area contributed by atoms with Crippen LogP contribution >= 0.6 is 0 Å². The molecule has 2 bridgehead atoms. The molecule has 0 unspecified atom stereocenters. The number of fused-ring (bicyclic) bond motifs is 5. The van der Waals surface area contributed by atoms with E-state index < -0.39 is 11.9 Å². The van der Waals surface area contributed by atoms with Gasteiger partial charge in [0.1, 0.15) is 28.9 Å². The van der Waals surface area contributed by atoms with Crippen LogP contribution in [0, 0.1) is 0 Å². The lowest BCUT2D eigenvalue weighted by Crippen LogP contribution is -2.49. The minimum atomic E-state index is -1.07. The normalized spacial score (nSPS) is 24.6. The highest BCUT2D eigenvalue weighted by atomic mass is 16.7. The second-order valence-corrected chi connectivity index (χ2v) is 10.9. The number of rotatable bonds is 8. The quantitative estimate of drug-likeness (QED) is 0.303. The van der Waals surface area contributed by atoms with Crippen LogP contribution in [0.4, 0.5) is 0 Å². The molecule has 7 heteroatoms. The highest BCUT2D eigenvalue weighted by molar-refractivity contribution is 6.03. The van der Waals surface area contributed by atoms with Crippen molar-refractivity contribution in [2.75, 3.05) is 6.61 Å². The molecule has 3 aromatic rings. The van der Waals surface area contributed by atoms with E-state index in [-0.39, 0.29) is 41.5 Å². The van der Waals surface area contributed by atoms with E-state index in [1.54, 1.807) is 13.0 Å². The standard InChI is InChI=1S/C34H34O7/c1-2-38-30(36)15-9-14-25-18-24-21-34(40-25,17-16-22-10-5-3-6-11-22)41-29-20-28-32(33(37)31(24)29)26(35)19-27(39-28)23-12-7-4-8-13-23/h3-8,10-13,16-17,20,24-25,27,37H,2,9,14-15,18-19,21H2,1H3/b17-16+/t24-,25+,27-,34-/m0/s1. The van der Waals surface area contributed by atoms with E-state index in [0.29, 0.717) is 55.8 Å². The molecule has 4 atom stereocenters. The minimum Gasteiger partial charge on any atom is -0.507 e. The molecule has 3 aliphatic heterocycles. The van der Waals surface area contributed by atoms with Crippen LogP contribution in [0.5, 0.6) is 17.2 Å². The molecule has 41 heavy (non-hydrogen) atoms. The molecule has 3 heterocycles. The summed E-state index contributed by atoms with van der Waals surface area (Å²) in [6.45, 7) is 2.15. The highest BCUT2D eigenvalue weighted by Gasteiger charge is 2.49. The fourth-order valence-corrected chi connectivity index (χ4v) is 6.20. The van der Waals surface area contributed by atoms with Crippen molar-refractivity contribution in [1.29, 1.82) is 0 Å². The first kappa shape index (κ1) is 27.1. The summed E-state index contributed by atoms with van der Waals surface area (Å²) in [6, 6.07) is 21.3. The Morgan fingerprint density at radius 3 is 2.61 bits per heavy atom. The lowest BCUT2D eigenvalue weighted by molar-refractivity contribution is -0.220. The lowest BCUT2D eigenvalue weighted by Gasteiger charge is -2.47. The maximum atomic E-state index is 13.3. The Morgan fingerprint density at radius 1 is 1.10 bits per heavy atom. The van der Waals surface area contributed by atoms with Gasteiger partial charge in [0.25, 0.3) is 0 Å². The zero-order valence-corrected chi connectivity index (χ0v) is 23.1. The molecule has 6 rings (SSSR count). The Labute approximate surface area is 239 Å². The SMILES string of the molecule is CCOC(=O)CCC[C@@H]1C[C@H]2C[C@](/C=C/c3ccccc3)(Oc3cc4c(c(O)c32)C(=O)C[C@@H](c2ccccc2)O4)O1. The number of phenols is 1. The smallest absolute Gasteiger partial charge is 0.305 e. The van der Waals surface area contributed by atoms with Crippen molar-refractivity contribution in [3.8, 4) is 17.2 Å². The second-order valence-electron chi connectivity index (χ2n) is 10.9. The van der Waals surface area contributed by atoms with Gasteiger partial charge < -0.3 is 24.1 Å². The van der Waals surface area contributed by atoms with Gasteiger partial charge in [0.2, 0.25) is 5.79 Å². The first-order chi connectivity index (χ1) is 19.9. The summed E-state index contributed by atoms with van der Waals surface area (Å²) < 4.78 is 24.5. The number of benzene rings is 3. The molecule has 0 aliphatic carbocycles. The van der Waals surface area contributed by atoms with Crippen LogP contribution < -0.4 is 9.47 Å². The van der Waals surface area contributed by atoms with Crippen LogP contribution in [0.25, 0.3) is 6.08 Å². The van der Waals surface area contributed by atoms with Gasteiger partial charge in [-0.2, -0.15) is 0 Å². The first-order valence-corrected chi connectivity index (χ1v) is 14.4. The molecule has 0 saturated carbocycles. The summed E-state index contributed by atoms with van der Waals surface area (Å²) in [5.74, 6) is -0.837. The van der Waals surface area contributed by atoms with Crippen molar-refractivity contribution in [3.05, 3.63) is 95.1 Å². The molecule has 0 spiro atoms. The van der Waals surface area contributed by atoms with Crippen molar-refractivity contribution >= 4 is 17.8 Å². The summed E-state index contributed by atoms with van der Waals surface area (Å²) in [5, 5.41) is 11.5. The van der Waals surface area contributed by atoms with Gasteiger partial charge in [-0.15, -0.1) is 0 Å². The van der Waals surface area contributed by atoms with Gasteiger partial charge in [0, 0.05) is 30.4 Å². The number of hydrogen-bond donors (Lipinski definition) is 1. The average Bonchev–Trinajstić information content (AvgIpc) is 2.96. The lowest BCUT2D eigenvalue weighted by atomic mass is 9.78. The Morgan fingerprint density at radius 2 is 1.85 bits per heavy atom. The summed E-state index contributed by atoms with van der Waals surface area (Å²) in [7, 11) is 0. The predicted molar refractivity (Wildman–Crippen MR) is 153 cm³/mol. The second kappa shape index (κ2) is 11.4. The van der Waals surface area contributed by atoms with Gasteiger partial charge in [0.15, 0.2) is 5.78 Å². The largest absolute Gasteiger partial charge is 0.507 e. The highest BCUT2D eigenvalue weighted by Crippen LogP contribution is 2.56. The summed E-state index contributed by atoms with van der Waals surface area (Å²) >= 11 is 0. The summed E-state index contributed by atoms with van der Waals surface area (Å²) in [5.41, 5.74) is 2.75. The van der Waals surface area contributed by atoms with Crippen molar-refractivity contribution in [1.82, 2.24) is 0 Å². The number of ether oxygens (including phenoxy) is 4. The molecule has 0 amide bonds. The predicted octanol–water partition coefficient (Wildman–Crippen LogP) is 6.90. The maximum absolute atomic E-state index is 13.3. The number of phenolic OH excluding ortho intramolecular Hbond substituents is 1. The van der Waals surface area contributed by atoms with Gasteiger partial charge in [-0.1, -0.05) is 66.7 Å². The first-order valence-electron chi connectivity index (χ1n) is 14.4. The number of carbonyl (C=O) groups excluding carboxylic acids is 2. The van der Waals surface area contributed by atoms with Crippen molar-refractivity contribution in [3.63, 3.8) is 0 Å². The third kappa shape index (κ3) is 5.59. The Hall–Kier alpha value is -4.10. The number of aromatic hydroxyl groups is 1. The van der Waals surface area contributed by atoms with E-state index in [1.807, 2.05) is 72.8 Å². The van der Waals surface area contributed by atoms with Crippen LogP contribution in [0.1, 0.15) is 84.5 Å². The van der Waals surface area contributed by atoms with Gasteiger partial charge in [-0.25, -0.2) is 0 Å². The Balaban J connectivity index is 1.33. The zero-order valence-electron chi connectivity index (χ0n) is 23.1. The maximum Gasteiger partial charge on any atom is 0.305 e. The molecule has 1 saturated heterocycles. The van der Waals surface area contributed by atoms with Crippen molar-refractivity contribution in [2.45, 2.75) is 69.4 Å². The number of Topliss-reactive ketones (excluding diaryl/α,β-unsaturated/α-hetero) is 1. The Kier molecular flexibility index (Phi) is 7.54. The minimum absolute atomic E-state index is 0.0631. The van der Waals surface area contributed by atoms with Crippen LogP contribution in [0.15, 0.2) is 72.8 Å². The van der Waals surface area contributed by atoms with Crippen molar-refractivity contribution in [2.24, 2.45) is 0 Å². The van der Waals surface area contributed by atoms with E-state index in [2.05, 4.69) is 0 Å². The Bertz CT molecular complexity index is 1450. The van der Waals surface area contributed by atoms with Gasteiger partial charge >= 0.3 is 5.97 Å². The van der Waals surface area contributed by atoms with Gasteiger partial charge in [-0.3, -0.25) is 9.59 Å². The number of hydrogen-bond acceptors (Lipinski definition) is 7. The van der Waals surface area contributed by atoms with Crippen LogP contribution in [0.3, 0.4) is 0 Å². The molecule has 0 aromatic heterocycles. The summed E-state index contributed by atoms with van der Waals surface area (Å²) in [4.78, 5) is 25.3. The van der Waals surface area contributed by atoms with Crippen LogP contribution in [0.2, 0.25) is 0 Å². The van der Waals surface area contributed by atoms with E-state index in [4.69, 9.17) is 18.9 Å². The van der Waals surface area contributed by atoms with Crippen LogP contribution in [-0.4, -0.2) is 35.4 Å². The van der Waals surface area contributed by atoms with Gasteiger partial charge in [-0.05, 0) is 43.4 Å². The van der Waals surface area contributed by atoms with Crippen molar-refractivity contribution < 1.29 is 33.6 Å². The zero-order chi connectivity index (χ0) is 28.4. The fourth-order valence-electron chi connectivity index (χ4n) is 6.20. The number of ketones is 1. The fraction of sp³-hybridized carbons (Fsp3) is 0.353. The third-order valence-electron chi connectivity index (χ3n) is 8.03. The van der Waals surface area contributed by atoms with E-state index in [1.165, 1.54) is 0 Å². The molecule has 3 aliphatic rings. The molecule has 1 N–H and O–H groups in total. The molecule has 212 valence electrons. The van der Waals surface area contributed by atoms with Gasteiger partial charge in [0.05, 0.1) is 19.1 Å². The average molecular weight is 555 g/mol. The molecular formula is C34H34O7. The van der Waals surface area contributed by atoms with E-state index in [9.17, 15) is 14.7 Å². The van der Waals surface area contributed by atoms with E-state index >= 15 is 0 Å².